The van der Waals surface area contributed by atoms with Gasteiger partial charge in [-0.1, -0.05) is 54.9 Å². The fraction of sp³-hybridized carbons (Fsp3) is 0.261. The van der Waals surface area contributed by atoms with Gasteiger partial charge < -0.3 is 10.6 Å². The average Bonchev–Trinajstić information content (AvgIpc) is 3.16. The Morgan fingerprint density at radius 3 is 2.47 bits per heavy atom. The molecule has 1 aromatic heterocycles. The van der Waals surface area contributed by atoms with Crippen LogP contribution in [0.3, 0.4) is 0 Å². The van der Waals surface area contributed by atoms with Crippen molar-refractivity contribution in [3.8, 4) is 16.9 Å². The molecule has 1 atom stereocenters. The number of hydrogen-bond donors (Lipinski definition) is 2. The topological polar surface area (TPSA) is 76.0 Å². The molecule has 3 rings (SSSR count). The van der Waals surface area contributed by atoms with E-state index in [4.69, 9.17) is 11.6 Å². The zero-order chi connectivity index (χ0) is 21.5. The van der Waals surface area contributed by atoms with Gasteiger partial charge in [0.2, 0.25) is 11.8 Å². The van der Waals surface area contributed by atoms with E-state index in [1.165, 1.54) is 0 Å². The first kappa shape index (κ1) is 21.6. The second kappa shape index (κ2) is 10.1. The summed E-state index contributed by atoms with van der Waals surface area (Å²) in [5, 5.41) is 11.0. The number of aromatic nitrogens is 2. The largest absolute Gasteiger partial charge is 0.354 e. The highest BCUT2D eigenvalue weighted by Crippen LogP contribution is 2.26. The smallest absolute Gasteiger partial charge is 0.226 e. The molecule has 0 bridgehead atoms. The van der Waals surface area contributed by atoms with E-state index in [1.54, 1.807) is 16.8 Å². The summed E-state index contributed by atoms with van der Waals surface area (Å²) in [6.45, 7) is 3.94. The van der Waals surface area contributed by atoms with Gasteiger partial charge in [0.15, 0.2) is 0 Å². The number of anilines is 1. The van der Waals surface area contributed by atoms with Gasteiger partial charge in [0.1, 0.15) is 5.82 Å². The summed E-state index contributed by atoms with van der Waals surface area (Å²) in [4.78, 5) is 24.5. The molecule has 0 aliphatic rings. The maximum absolute atomic E-state index is 12.5. The van der Waals surface area contributed by atoms with E-state index >= 15 is 0 Å². The molecule has 2 N–H and O–H groups in total. The summed E-state index contributed by atoms with van der Waals surface area (Å²) in [6, 6.07) is 18.9. The molecule has 6 nitrogen and oxygen atoms in total. The van der Waals surface area contributed by atoms with Crippen LogP contribution in [0.5, 0.6) is 0 Å². The maximum atomic E-state index is 12.5. The van der Waals surface area contributed by atoms with Gasteiger partial charge >= 0.3 is 0 Å². The molecular weight excluding hydrogens is 400 g/mol. The van der Waals surface area contributed by atoms with E-state index in [0.717, 1.165) is 23.4 Å². The lowest BCUT2D eigenvalue weighted by Crippen LogP contribution is -2.32. The van der Waals surface area contributed by atoms with Crippen LogP contribution < -0.4 is 10.6 Å². The molecule has 7 heteroatoms. The third-order valence-electron chi connectivity index (χ3n) is 4.70. The SMILES string of the molecule is CC[C@H](C)NC(=O)CCC(=O)Nc1cc(-c2ccccc2)nn1-c1cccc(Cl)c1. The van der Waals surface area contributed by atoms with E-state index < -0.39 is 0 Å². The highest BCUT2D eigenvalue weighted by Gasteiger charge is 2.15. The van der Waals surface area contributed by atoms with Crippen molar-refractivity contribution in [1.82, 2.24) is 15.1 Å². The fourth-order valence-electron chi connectivity index (χ4n) is 2.91. The summed E-state index contributed by atoms with van der Waals surface area (Å²) in [5.74, 6) is 0.133. The highest BCUT2D eigenvalue weighted by molar-refractivity contribution is 6.30. The van der Waals surface area contributed by atoms with Gasteiger partial charge in [-0.15, -0.1) is 0 Å². The number of benzene rings is 2. The third-order valence-corrected chi connectivity index (χ3v) is 4.93. The number of rotatable bonds is 8. The first-order valence-corrected chi connectivity index (χ1v) is 10.3. The molecule has 0 saturated carbocycles. The number of carbonyl (C=O) groups excluding carboxylic acids is 2. The maximum Gasteiger partial charge on any atom is 0.226 e. The average molecular weight is 425 g/mol. The van der Waals surface area contributed by atoms with Gasteiger partial charge in [-0.3, -0.25) is 9.59 Å². The van der Waals surface area contributed by atoms with E-state index in [1.807, 2.05) is 62.4 Å². The van der Waals surface area contributed by atoms with Crippen LogP contribution in [0.1, 0.15) is 33.1 Å². The van der Waals surface area contributed by atoms with Crippen LogP contribution in [-0.2, 0) is 9.59 Å². The van der Waals surface area contributed by atoms with Crippen molar-refractivity contribution in [1.29, 1.82) is 0 Å². The summed E-state index contributed by atoms with van der Waals surface area (Å²) in [6.07, 6.45) is 1.07. The Kier molecular flexibility index (Phi) is 7.25. The van der Waals surface area contributed by atoms with Gasteiger partial charge in [0.25, 0.3) is 0 Å². The molecule has 3 aromatic rings. The van der Waals surface area contributed by atoms with Gasteiger partial charge in [-0.2, -0.15) is 5.10 Å². The lowest BCUT2D eigenvalue weighted by molar-refractivity contribution is -0.124. The molecule has 0 unspecified atom stereocenters. The van der Waals surface area contributed by atoms with Crippen LogP contribution in [0, 0.1) is 0 Å². The molecule has 30 heavy (non-hydrogen) atoms. The zero-order valence-corrected chi connectivity index (χ0v) is 17.8. The fourth-order valence-corrected chi connectivity index (χ4v) is 3.09. The van der Waals surface area contributed by atoms with Gasteiger partial charge in [0.05, 0.1) is 11.4 Å². The van der Waals surface area contributed by atoms with E-state index in [-0.39, 0.29) is 30.7 Å². The van der Waals surface area contributed by atoms with Crippen LogP contribution in [0.15, 0.2) is 60.7 Å². The molecule has 0 aliphatic carbocycles. The predicted octanol–water partition coefficient (Wildman–Crippen LogP) is 4.83. The van der Waals surface area contributed by atoms with Crippen LogP contribution in [0.25, 0.3) is 16.9 Å². The highest BCUT2D eigenvalue weighted by atomic mass is 35.5. The standard InChI is InChI=1S/C23H25ClN4O2/c1-3-16(2)25-22(29)12-13-23(30)26-21-15-20(17-8-5-4-6-9-17)27-28(21)19-11-7-10-18(24)14-19/h4-11,14-16H,3,12-13H2,1-2H3,(H,25,29)(H,26,30)/t16-/m0/s1. The predicted molar refractivity (Wildman–Crippen MR) is 120 cm³/mol. The van der Waals surface area contributed by atoms with Gasteiger partial charge in [-0.25, -0.2) is 4.68 Å². The molecule has 0 spiro atoms. The Bertz CT molecular complexity index is 1020. The van der Waals surface area contributed by atoms with Crippen LogP contribution in [-0.4, -0.2) is 27.6 Å². The molecule has 2 amide bonds. The van der Waals surface area contributed by atoms with E-state index in [2.05, 4.69) is 15.7 Å². The molecule has 0 radical (unpaired) electrons. The Morgan fingerprint density at radius 2 is 1.77 bits per heavy atom. The van der Waals surface area contributed by atoms with Crippen molar-refractivity contribution in [3.63, 3.8) is 0 Å². The second-order valence-corrected chi connectivity index (χ2v) is 7.53. The van der Waals surface area contributed by atoms with Gasteiger partial charge in [-0.05, 0) is 31.5 Å². The van der Waals surface area contributed by atoms with Crippen molar-refractivity contribution in [3.05, 3.63) is 65.7 Å². The quantitative estimate of drug-likeness (QED) is 0.544. The molecule has 156 valence electrons. The molecule has 0 aliphatic heterocycles. The van der Waals surface area contributed by atoms with Crippen molar-refractivity contribution < 1.29 is 9.59 Å². The zero-order valence-electron chi connectivity index (χ0n) is 17.1. The van der Waals surface area contributed by atoms with Crippen LogP contribution in [0.4, 0.5) is 5.82 Å². The first-order chi connectivity index (χ1) is 14.5. The number of amides is 2. The summed E-state index contributed by atoms with van der Waals surface area (Å²) in [7, 11) is 0. The summed E-state index contributed by atoms with van der Waals surface area (Å²) >= 11 is 6.14. The third kappa shape index (κ3) is 5.70. The minimum atomic E-state index is -0.253. The van der Waals surface area contributed by atoms with Crippen LogP contribution >= 0.6 is 11.6 Å². The summed E-state index contributed by atoms with van der Waals surface area (Å²) < 4.78 is 1.64. The minimum absolute atomic E-state index is 0.0870. The summed E-state index contributed by atoms with van der Waals surface area (Å²) in [5.41, 5.74) is 2.39. The van der Waals surface area contributed by atoms with Crippen molar-refractivity contribution in [2.75, 3.05) is 5.32 Å². The van der Waals surface area contributed by atoms with E-state index in [9.17, 15) is 9.59 Å². The molecule has 0 fully saturated rings. The normalized spacial score (nSPS) is 11.7. The lowest BCUT2D eigenvalue weighted by atomic mass is 10.1. The lowest BCUT2D eigenvalue weighted by Gasteiger charge is -2.11. The molecule has 2 aromatic carbocycles. The first-order valence-electron chi connectivity index (χ1n) is 9.97. The monoisotopic (exact) mass is 424 g/mol. The second-order valence-electron chi connectivity index (χ2n) is 7.10. The number of nitrogens with one attached hydrogen (secondary N) is 2. The Labute approximate surface area is 181 Å². The van der Waals surface area contributed by atoms with Crippen molar-refractivity contribution >= 4 is 29.2 Å². The Hall–Kier alpha value is -3.12. The molecule has 0 saturated heterocycles. The van der Waals surface area contributed by atoms with Crippen LogP contribution in [0.2, 0.25) is 5.02 Å². The van der Waals surface area contributed by atoms with Crippen molar-refractivity contribution in [2.45, 2.75) is 39.2 Å². The minimum Gasteiger partial charge on any atom is -0.354 e. The molecular formula is C23H25ClN4O2. The number of hydrogen-bond acceptors (Lipinski definition) is 3. The number of halogens is 1. The molecule has 1 heterocycles. The van der Waals surface area contributed by atoms with Gasteiger partial charge in [0, 0.05) is 35.5 Å². The Morgan fingerprint density at radius 1 is 1.03 bits per heavy atom. The number of nitrogens with zero attached hydrogens (tertiary/aromatic N) is 2. The number of carbonyl (C=O) groups is 2. The Balaban J connectivity index is 1.79. The van der Waals surface area contributed by atoms with E-state index in [0.29, 0.717) is 10.8 Å². The van der Waals surface area contributed by atoms with Crippen molar-refractivity contribution in [2.24, 2.45) is 0 Å².